The minimum absolute atomic E-state index is 0.149. The van der Waals surface area contributed by atoms with E-state index >= 15 is 0 Å². The number of methoxy groups -OCH3 is 1. The Bertz CT molecular complexity index is 1010. The second kappa shape index (κ2) is 6.89. The predicted octanol–water partition coefficient (Wildman–Crippen LogP) is 3.39. The van der Waals surface area contributed by atoms with Crippen LogP contribution in [0, 0.1) is 0 Å². The zero-order valence-corrected chi connectivity index (χ0v) is 15.3. The molecule has 1 atom stereocenters. The van der Waals surface area contributed by atoms with Crippen LogP contribution in [0.5, 0.6) is 5.75 Å². The van der Waals surface area contributed by atoms with Crippen molar-refractivity contribution < 1.29 is 9.47 Å². The molecule has 0 saturated carbocycles. The van der Waals surface area contributed by atoms with E-state index < -0.39 is 5.54 Å². The van der Waals surface area contributed by atoms with Crippen molar-refractivity contribution in [1.29, 1.82) is 0 Å². The van der Waals surface area contributed by atoms with Crippen LogP contribution in [0.15, 0.2) is 66.2 Å². The van der Waals surface area contributed by atoms with Gasteiger partial charge in [-0.25, -0.2) is 15.0 Å². The van der Waals surface area contributed by atoms with Crippen LogP contribution in [0.4, 0.5) is 0 Å². The number of hydrogen-bond donors (Lipinski definition) is 1. The summed E-state index contributed by atoms with van der Waals surface area (Å²) in [6.45, 7) is 0.288. The van der Waals surface area contributed by atoms with Crippen molar-refractivity contribution in [3.8, 4) is 16.9 Å². The van der Waals surface area contributed by atoms with E-state index in [1.165, 1.54) is 6.33 Å². The smallest absolute Gasteiger partial charge is 0.283 e. The molecule has 1 aromatic heterocycles. The zero-order chi connectivity index (χ0) is 18.9. The number of benzene rings is 2. The van der Waals surface area contributed by atoms with Gasteiger partial charge in [0, 0.05) is 18.0 Å². The second-order valence-corrected chi connectivity index (χ2v) is 6.56. The molecule has 2 heterocycles. The van der Waals surface area contributed by atoms with Crippen LogP contribution >= 0.6 is 11.6 Å². The lowest BCUT2D eigenvalue weighted by atomic mass is 9.83. The van der Waals surface area contributed by atoms with Crippen molar-refractivity contribution in [2.24, 2.45) is 10.7 Å². The number of ether oxygens (including phenoxy) is 2. The van der Waals surface area contributed by atoms with Gasteiger partial charge >= 0.3 is 0 Å². The Balaban J connectivity index is 1.86. The summed E-state index contributed by atoms with van der Waals surface area (Å²) in [6.07, 6.45) is 5.04. The molecule has 0 spiro atoms. The molecule has 4 rings (SSSR count). The van der Waals surface area contributed by atoms with Crippen molar-refractivity contribution >= 4 is 17.6 Å². The van der Waals surface area contributed by atoms with E-state index in [-0.39, 0.29) is 12.6 Å². The van der Waals surface area contributed by atoms with Crippen LogP contribution in [0.3, 0.4) is 0 Å². The van der Waals surface area contributed by atoms with Gasteiger partial charge in [0.25, 0.3) is 6.02 Å². The molecule has 0 radical (unpaired) electrons. The third kappa shape index (κ3) is 3.08. The van der Waals surface area contributed by atoms with Crippen molar-refractivity contribution in [2.75, 3.05) is 13.7 Å². The normalized spacial score (nSPS) is 18.7. The third-order valence-corrected chi connectivity index (χ3v) is 4.89. The highest BCUT2D eigenvalue weighted by Crippen LogP contribution is 2.41. The fourth-order valence-corrected chi connectivity index (χ4v) is 3.48. The largest absolute Gasteiger partial charge is 0.495 e. The first kappa shape index (κ1) is 17.3. The van der Waals surface area contributed by atoms with Gasteiger partial charge in [-0.1, -0.05) is 35.9 Å². The number of aromatic nitrogens is 2. The summed E-state index contributed by atoms with van der Waals surface area (Å²) >= 11 is 6.36. The molecule has 1 aliphatic heterocycles. The Morgan fingerprint density at radius 2 is 1.85 bits per heavy atom. The van der Waals surface area contributed by atoms with Gasteiger partial charge in [-0.3, -0.25) is 0 Å². The molecule has 27 heavy (non-hydrogen) atoms. The van der Waals surface area contributed by atoms with Gasteiger partial charge in [0.2, 0.25) is 0 Å². The van der Waals surface area contributed by atoms with Gasteiger partial charge in [-0.05, 0) is 34.9 Å². The van der Waals surface area contributed by atoms with Crippen LogP contribution in [-0.4, -0.2) is 29.7 Å². The van der Waals surface area contributed by atoms with E-state index in [0.717, 1.165) is 22.3 Å². The molecule has 7 heteroatoms. The SMILES string of the molecule is COc1ccc([C@@]2(c3cccc(-c4cncnc4)c3)COC(N)=N2)cc1Cl. The number of nitrogens with two attached hydrogens (primary N) is 1. The Hall–Kier alpha value is -3.12. The standard InChI is InChI=1S/C20H17ClN4O2/c1-26-18-6-5-16(8-17(18)21)20(11-27-19(22)25-20)15-4-2-3-13(7-15)14-9-23-12-24-10-14/h2-10,12H,11H2,1H3,(H2,22,25)/t20-/m0/s1. The lowest BCUT2D eigenvalue weighted by Gasteiger charge is -2.26. The third-order valence-electron chi connectivity index (χ3n) is 4.59. The van der Waals surface area contributed by atoms with Gasteiger partial charge < -0.3 is 15.2 Å². The molecule has 2 N–H and O–H groups in total. The second-order valence-electron chi connectivity index (χ2n) is 6.16. The molecule has 0 amide bonds. The van der Waals surface area contributed by atoms with Crippen LogP contribution in [0.2, 0.25) is 5.02 Å². The Morgan fingerprint density at radius 3 is 2.52 bits per heavy atom. The van der Waals surface area contributed by atoms with Crippen molar-refractivity contribution in [1.82, 2.24) is 9.97 Å². The first-order valence-corrected chi connectivity index (χ1v) is 8.68. The molecule has 0 bridgehead atoms. The molecule has 6 nitrogen and oxygen atoms in total. The topological polar surface area (TPSA) is 82.6 Å². The number of rotatable bonds is 4. The highest BCUT2D eigenvalue weighted by Gasteiger charge is 2.40. The van der Waals surface area contributed by atoms with Gasteiger partial charge in [0.1, 0.15) is 18.7 Å². The van der Waals surface area contributed by atoms with Gasteiger partial charge in [0.05, 0.1) is 12.1 Å². The molecule has 0 fully saturated rings. The summed E-state index contributed by atoms with van der Waals surface area (Å²) in [5.74, 6) is 0.599. The number of halogens is 1. The summed E-state index contributed by atoms with van der Waals surface area (Å²) in [7, 11) is 1.58. The van der Waals surface area contributed by atoms with Crippen LogP contribution < -0.4 is 10.5 Å². The van der Waals surface area contributed by atoms with Crippen molar-refractivity contribution in [2.45, 2.75) is 5.54 Å². The molecule has 3 aromatic rings. The highest BCUT2D eigenvalue weighted by molar-refractivity contribution is 6.32. The summed E-state index contributed by atoms with van der Waals surface area (Å²) in [6, 6.07) is 13.7. The minimum atomic E-state index is -0.786. The molecule has 1 aliphatic rings. The van der Waals surface area contributed by atoms with Crippen LogP contribution in [0.1, 0.15) is 11.1 Å². The van der Waals surface area contributed by atoms with Crippen molar-refractivity contribution in [3.63, 3.8) is 0 Å². The summed E-state index contributed by atoms with van der Waals surface area (Å²) in [4.78, 5) is 12.8. The maximum absolute atomic E-state index is 6.36. The minimum Gasteiger partial charge on any atom is -0.495 e. The van der Waals surface area contributed by atoms with E-state index in [1.807, 2.05) is 42.5 Å². The lowest BCUT2D eigenvalue weighted by Crippen LogP contribution is -2.27. The number of amidine groups is 1. The van der Waals surface area contributed by atoms with Crippen molar-refractivity contribution in [3.05, 3.63) is 77.3 Å². The summed E-state index contributed by atoms with van der Waals surface area (Å²) in [5.41, 5.74) is 8.79. The van der Waals surface area contributed by atoms with Gasteiger partial charge in [-0.2, -0.15) is 0 Å². The highest BCUT2D eigenvalue weighted by atomic mass is 35.5. The fourth-order valence-electron chi connectivity index (χ4n) is 3.22. The Morgan fingerprint density at radius 1 is 1.07 bits per heavy atom. The quantitative estimate of drug-likeness (QED) is 0.750. The monoisotopic (exact) mass is 380 g/mol. The maximum atomic E-state index is 6.36. The van der Waals surface area contributed by atoms with Gasteiger partial charge in [0.15, 0.2) is 5.54 Å². The molecular formula is C20H17ClN4O2. The van der Waals surface area contributed by atoms with E-state index in [2.05, 4.69) is 15.0 Å². The number of nitrogens with zero attached hydrogens (tertiary/aromatic N) is 3. The lowest BCUT2D eigenvalue weighted by molar-refractivity contribution is 0.278. The molecular weight excluding hydrogens is 364 g/mol. The average molecular weight is 381 g/mol. The molecule has 0 unspecified atom stereocenters. The summed E-state index contributed by atoms with van der Waals surface area (Å²) in [5, 5.41) is 0.502. The zero-order valence-electron chi connectivity index (χ0n) is 14.6. The first-order valence-electron chi connectivity index (χ1n) is 8.30. The van der Waals surface area contributed by atoms with E-state index in [9.17, 15) is 0 Å². The Labute approximate surface area is 161 Å². The molecule has 136 valence electrons. The van der Waals surface area contributed by atoms with Gasteiger partial charge in [-0.15, -0.1) is 0 Å². The molecule has 0 aliphatic carbocycles. The Kier molecular flexibility index (Phi) is 4.41. The van der Waals surface area contributed by atoms with E-state index in [4.69, 9.17) is 26.8 Å². The first-order chi connectivity index (χ1) is 13.1. The van der Waals surface area contributed by atoms with E-state index in [1.54, 1.807) is 19.5 Å². The fraction of sp³-hybridized carbons (Fsp3) is 0.150. The maximum Gasteiger partial charge on any atom is 0.283 e. The van der Waals surface area contributed by atoms with Crippen LogP contribution in [-0.2, 0) is 10.3 Å². The number of hydrogen-bond acceptors (Lipinski definition) is 6. The summed E-state index contributed by atoms with van der Waals surface area (Å²) < 4.78 is 10.8. The average Bonchev–Trinajstić information content (AvgIpc) is 3.12. The number of aliphatic imine (C=N–C) groups is 1. The molecule has 2 aromatic carbocycles. The van der Waals surface area contributed by atoms with Crippen LogP contribution in [0.25, 0.3) is 11.1 Å². The van der Waals surface area contributed by atoms with E-state index in [0.29, 0.717) is 10.8 Å². The predicted molar refractivity (Wildman–Crippen MR) is 104 cm³/mol. The molecule has 0 saturated heterocycles.